The summed E-state index contributed by atoms with van der Waals surface area (Å²) in [5, 5.41) is 15.4. The lowest BCUT2D eigenvalue weighted by molar-refractivity contribution is -0.136. The molecule has 7 nitrogen and oxygen atoms in total. The Kier molecular flexibility index (Phi) is 3.46. The Morgan fingerprint density at radius 2 is 2.21 bits per heavy atom. The lowest BCUT2D eigenvalue weighted by atomic mass is 10.1. The number of H-pyrrole nitrogens is 1. The van der Waals surface area contributed by atoms with Crippen LogP contribution in [0.5, 0.6) is 0 Å². The van der Waals surface area contributed by atoms with E-state index in [1.165, 1.54) is 4.57 Å². The van der Waals surface area contributed by atoms with Crippen LogP contribution in [0, 0.1) is 13.8 Å². The van der Waals surface area contributed by atoms with E-state index in [0.717, 1.165) is 5.56 Å². The first kappa shape index (κ1) is 13.0. The van der Waals surface area contributed by atoms with Crippen LogP contribution < -0.4 is 5.69 Å². The molecular formula is C12H14N4O3. The summed E-state index contributed by atoms with van der Waals surface area (Å²) in [6, 6.07) is 0. The molecule has 0 aliphatic heterocycles. The van der Waals surface area contributed by atoms with Crippen molar-refractivity contribution in [2.45, 2.75) is 26.8 Å². The van der Waals surface area contributed by atoms with E-state index >= 15 is 0 Å². The quantitative estimate of drug-likeness (QED) is 0.823. The van der Waals surface area contributed by atoms with E-state index < -0.39 is 5.97 Å². The molecular weight excluding hydrogens is 248 g/mol. The number of carbonyl (C=O) groups is 1. The number of hydrogen-bond donors (Lipinski definition) is 2. The number of aromatic nitrogens is 4. The summed E-state index contributed by atoms with van der Waals surface area (Å²) in [6.45, 7) is 3.70. The molecule has 2 aromatic rings. The van der Waals surface area contributed by atoms with E-state index in [1.807, 2.05) is 0 Å². The van der Waals surface area contributed by atoms with Crippen molar-refractivity contribution in [1.82, 2.24) is 19.7 Å². The highest BCUT2D eigenvalue weighted by atomic mass is 16.4. The molecule has 0 unspecified atom stereocenters. The van der Waals surface area contributed by atoms with Crippen LogP contribution in [0.2, 0.25) is 0 Å². The molecule has 0 spiro atoms. The number of aryl methyl sites for hydroxylation is 1. The first-order valence-electron chi connectivity index (χ1n) is 5.75. The molecule has 0 atom stereocenters. The Bertz CT molecular complexity index is 658. The first-order chi connectivity index (χ1) is 8.99. The van der Waals surface area contributed by atoms with Gasteiger partial charge in [0.2, 0.25) is 0 Å². The van der Waals surface area contributed by atoms with Gasteiger partial charge in [0.15, 0.2) is 0 Å². The van der Waals surface area contributed by atoms with Crippen LogP contribution in [0.15, 0.2) is 17.2 Å². The molecule has 2 heterocycles. The summed E-state index contributed by atoms with van der Waals surface area (Å²) in [7, 11) is 0. The summed E-state index contributed by atoms with van der Waals surface area (Å²) in [5.74, 6) is -0.943. The summed E-state index contributed by atoms with van der Waals surface area (Å²) in [6.07, 6.45) is 3.15. The molecule has 100 valence electrons. The molecule has 0 saturated carbocycles. The molecule has 2 rings (SSSR count). The Labute approximate surface area is 108 Å². The monoisotopic (exact) mass is 262 g/mol. The number of aromatic amines is 1. The van der Waals surface area contributed by atoms with Crippen LogP contribution in [-0.2, 0) is 17.8 Å². The predicted octanol–water partition coefficient (Wildman–Crippen LogP) is 0.259. The van der Waals surface area contributed by atoms with E-state index in [9.17, 15) is 9.59 Å². The van der Waals surface area contributed by atoms with Crippen LogP contribution >= 0.6 is 0 Å². The smallest absolute Gasteiger partial charge is 0.348 e. The molecule has 0 amide bonds. The number of carboxylic acids is 1. The van der Waals surface area contributed by atoms with Gasteiger partial charge < -0.3 is 5.11 Å². The van der Waals surface area contributed by atoms with Crippen molar-refractivity contribution in [1.29, 1.82) is 0 Å². The Morgan fingerprint density at radius 1 is 1.47 bits per heavy atom. The summed E-state index contributed by atoms with van der Waals surface area (Å²) in [5.41, 5.74) is 2.12. The van der Waals surface area contributed by atoms with Gasteiger partial charge in [0, 0.05) is 28.7 Å². The number of rotatable bonds is 4. The fraction of sp³-hybridized carbons (Fsp3) is 0.333. The van der Waals surface area contributed by atoms with Gasteiger partial charge in [-0.2, -0.15) is 10.1 Å². The average molecular weight is 262 g/mol. The van der Waals surface area contributed by atoms with Gasteiger partial charge >= 0.3 is 11.7 Å². The SMILES string of the molecule is Cc1nc(=O)n(Cc2cn[nH]c2)c(C)c1CC(=O)O. The first-order valence-corrected chi connectivity index (χ1v) is 5.75. The highest BCUT2D eigenvalue weighted by Gasteiger charge is 2.14. The number of hydrogen-bond acceptors (Lipinski definition) is 4. The summed E-state index contributed by atoms with van der Waals surface area (Å²) >= 11 is 0. The van der Waals surface area contributed by atoms with Crippen molar-refractivity contribution in [3.63, 3.8) is 0 Å². The fourth-order valence-corrected chi connectivity index (χ4v) is 1.98. The highest BCUT2D eigenvalue weighted by Crippen LogP contribution is 2.11. The molecule has 2 N–H and O–H groups in total. The Balaban J connectivity index is 2.48. The molecule has 0 bridgehead atoms. The molecule has 19 heavy (non-hydrogen) atoms. The largest absolute Gasteiger partial charge is 0.481 e. The van der Waals surface area contributed by atoms with Gasteiger partial charge in [-0.05, 0) is 13.8 Å². The van der Waals surface area contributed by atoms with Gasteiger partial charge in [-0.3, -0.25) is 14.5 Å². The van der Waals surface area contributed by atoms with Crippen molar-refractivity contribution < 1.29 is 9.90 Å². The molecule has 0 aromatic carbocycles. The maximum absolute atomic E-state index is 11.9. The van der Waals surface area contributed by atoms with Gasteiger partial charge in [0.05, 0.1) is 19.2 Å². The molecule has 0 saturated heterocycles. The van der Waals surface area contributed by atoms with Crippen molar-refractivity contribution in [3.05, 3.63) is 45.4 Å². The van der Waals surface area contributed by atoms with Crippen molar-refractivity contribution in [2.24, 2.45) is 0 Å². The van der Waals surface area contributed by atoms with Crippen molar-refractivity contribution in [3.8, 4) is 0 Å². The highest BCUT2D eigenvalue weighted by molar-refractivity contribution is 5.70. The molecule has 2 aromatic heterocycles. The molecule has 7 heteroatoms. The van der Waals surface area contributed by atoms with Crippen LogP contribution in [0.3, 0.4) is 0 Å². The lowest BCUT2D eigenvalue weighted by Gasteiger charge is -2.13. The fourth-order valence-electron chi connectivity index (χ4n) is 1.98. The number of nitrogens with one attached hydrogen (secondary N) is 1. The van der Waals surface area contributed by atoms with Crippen LogP contribution in [0.25, 0.3) is 0 Å². The number of nitrogens with zero attached hydrogens (tertiary/aromatic N) is 3. The van der Waals surface area contributed by atoms with E-state index in [0.29, 0.717) is 23.5 Å². The topological polar surface area (TPSA) is 101 Å². The standard InChI is InChI=1S/C12H14N4O3/c1-7-10(3-11(17)18)8(2)16(12(19)15-7)6-9-4-13-14-5-9/h4-5H,3,6H2,1-2H3,(H,13,14)(H,17,18). The lowest BCUT2D eigenvalue weighted by Crippen LogP contribution is -2.28. The normalized spacial score (nSPS) is 10.6. The van der Waals surface area contributed by atoms with Gasteiger partial charge in [0.25, 0.3) is 0 Å². The maximum Gasteiger partial charge on any atom is 0.348 e. The van der Waals surface area contributed by atoms with Crippen molar-refractivity contribution >= 4 is 5.97 Å². The van der Waals surface area contributed by atoms with Crippen LogP contribution in [-0.4, -0.2) is 30.8 Å². The Hall–Kier alpha value is -2.44. The Morgan fingerprint density at radius 3 is 2.79 bits per heavy atom. The third-order valence-electron chi connectivity index (χ3n) is 3.00. The minimum absolute atomic E-state index is 0.143. The molecule has 0 radical (unpaired) electrons. The van der Waals surface area contributed by atoms with Gasteiger partial charge in [0.1, 0.15) is 0 Å². The van der Waals surface area contributed by atoms with Crippen LogP contribution in [0.1, 0.15) is 22.5 Å². The van der Waals surface area contributed by atoms with Gasteiger partial charge in [-0.25, -0.2) is 4.79 Å². The third-order valence-corrected chi connectivity index (χ3v) is 3.00. The zero-order chi connectivity index (χ0) is 14.0. The average Bonchev–Trinajstić information content (AvgIpc) is 2.82. The third kappa shape index (κ3) is 2.70. The van der Waals surface area contributed by atoms with Gasteiger partial charge in [-0.15, -0.1) is 0 Å². The number of aliphatic carboxylic acids is 1. The maximum atomic E-state index is 11.9. The molecule has 0 aliphatic carbocycles. The predicted molar refractivity (Wildman–Crippen MR) is 67.0 cm³/mol. The second kappa shape index (κ2) is 5.05. The van der Waals surface area contributed by atoms with E-state index in [1.54, 1.807) is 26.2 Å². The van der Waals surface area contributed by atoms with Crippen LogP contribution in [0.4, 0.5) is 0 Å². The van der Waals surface area contributed by atoms with E-state index in [-0.39, 0.29) is 12.1 Å². The summed E-state index contributed by atoms with van der Waals surface area (Å²) < 4.78 is 1.45. The minimum Gasteiger partial charge on any atom is -0.481 e. The zero-order valence-electron chi connectivity index (χ0n) is 10.7. The van der Waals surface area contributed by atoms with E-state index in [2.05, 4.69) is 15.2 Å². The van der Waals surface area contributed by atoms with E-state index in [4.69, 9.17) is 5.11 Å². The zero-order valence-corrected chi connectivity index (χ0v) is 10.7. The number of carboxylic acid groups (broad SMARTS) is 1. The minimum atomic E-state index is -0.943. The van der Waals surface area contributed by atoms with Gasteiger partial charge in [-0.1, -0.05) is 0 Å². The summed E-state index contributed by atoms with van der Waals surface area (Å²) in [4.78, 5) is 26.6. The second-order valence-corrected chi connectivity index (χ2v) is 4.31. The molecule has 0 aliphatic rings. The van der Waals surface area contributed by atoms with Crippen molar-refractivity contribution in [2.75, 3.05) is 0 Å². The second-order valence-electron chi connectivity index (χ2n) is 4.31. The molecule has 0 fully saturated rings.